The van der Waals surface area contributed by atoms with Crippen molar-refractivity contribution in [1.82, 2.24) is 0 Å². The van der Waals surface area contributed by atoms with Crippen LogP contribution in [0.2, 0.25) is 0 Å². The second-order valence-corrected chi connectivity index (χ2v) is 5.57. The molecule has 1 aromatic rings. The topological polar surface area (TPSA) is 52.6 Å². The van der Waals surface area contributed by atoms with Crippen LogP contribution < -0.4 is 9.47 Å². The zero-order chi connectivity index (χ0) is 11.9. The van der Waals surface area contributed by atoms with Crippen LogP contribution in [0.4, 0.5) is 4.39 Å². The van der Waals surface area contributed by atoms with E-state index < -0.39 is 21.8 Å². The smallest absolute Gasteiger partial charge is 0.197 e. The molecule has 0 amide bonds. The zero-order valence-electron chi connectivity index (χ0n) is 8.57. The summed E-state index contributed by atoms with van der Waals surface area (Å²) in [6.07, 6.45) is 0.529. The first-order chi connectivity index (χ1) is 7.38. The molecule has 0 aliphatic carbocycles. The molecule has 2 rings (SSSR count). The van der Waals surface area contributed by atoms with Gasteiger partial charge in [0.15, 0.2) is 27.2 Å². The zero-order valence-corrected chi connectivity index (χ0v) is 9.38. The summed E-state index contributed by atoms with van der Waals surface area (Å²) < 4.78 is 46.3. The van der Waals surface area contributed by atoms with Crippen LogP contribution in [-0.2, 0) is 9.84 Å². The third kappa shape index (κ3) is 1.97. The van der Waals surface area contributed by atoms with Crippen molar-refractivity contribution in [2.45, 2.75) is 11.0 Å². The van der Waals surface area contributed by atoms with Gasteiger partial charge in [-0.05, 0) is 13.0 Å². The van der Waals surface area contributed by atoms with E-state index >= 15 is 0 Å². The Hall–Kier alpha value is -1.30. The summed E-state index contributed by atoms with van der Waals surface area (Å²) in [6.45, 7) is 3.74. The van der Waals surface area contributed by atoms with Crippen molar-refractivity contribution >= 4 is 9.84 Å². The van der Waals surface area contributed by atoms with Gasteiger partial charge in [-0.1, -0.05) is 0 Å². The van der Waals surface area contributed by atoms with Crippen LogP contribution in [0.5, 0.6) is 11.5 Å². The van der Waals surface area contributed by atoms with E-state index in [2.05, 4.69) is 6.92 Å². The van der Waals surface area contributed by atoms with E-state index in [-0.39, 0.29) is 23.0 Å². The monoisotopic (exact) mass is 245 g/mol. The van der Waals surface area contributed by atoms with Gasteiger partial charge in [0, 0.05) is 12.3 Å². The lowest BCUT2D eigenvalue weighted by molar-refractivity contribution is 0.115. The van der Waals surface area contributed by atoms with Gasteiger partial charge in [0.05, 0.1) is 4.90 Å². The highest BCUT2D eigenvalue weighted by molar-refractivity contribution is 7.90. The Morgan fingerprint density at radius 2 is 2.19 bits per heavy atom. The molecule has 0 saturated carbocycles. The van der Waals surface area contributed by atoms with Gasteiger partial charge in [-0.15, -0.1) is 0 Å². The van der Waals surface area contributed by atoms with Crippen LogP contribution in [-0.4, -0.2) is 27.4 Å². The molecule has 0 aromatic heterocycles. The van der Waals surface area contributed by atoms with Gasteiger partial charge >= 0.3 is 0 Å². The predicted octanol–water partition coefficient (Wildman–Crippen LogP) is 1.20. The molecular formula is C10H10FO4S. The van der Waals surface area contributed by atoms with Gasteiger partial charge in [-0.2, -0.15) is 0 Å². The highest BCUT2D eigenvalue weighted by Crippen LogP contribution is 2.36. The Morgan fingerprint density at radius 1 is 1.50 bits per heavy atom. The molecule has 0 spiro atoms. The minimum atomic E-state index is -3.47. The lowest BCUT2D eigenvalue weighted by Crippen LogP contribution is -2.26. The highest BCUT2D eigenvalue weighted by Gasteiger charge is 2.24. The number of hydrogen-bond donors (Lipinski definition) is 0. The molecule has 1 aliphatic heterocycles. The van der Waals surface area contributed by atoms with Crippen LogP contribution in [0.3, 0.4) is 0 Å². The third-order valence-electron chi connectivity index (χ3n) is 2.12. The lowest BCUT2D eigenvalue weighted by Gasteiger charge is -2.24. The first kappa shape index (κ1) is 11.2. The maximum atomic E-state index is 13.5. The minimum absolute atomic E-state index is 0.0627. The molecule has 0 saturated heterocycles. The molecular weight excluding hydrogens is 235 g/mol. The second kappa shape index (κ2) is 3.62. The Bertz CT molecular complexity index is 524. The Kier molecular flexibility index (Phi) is 2.53. The van der Waals surface area contributed by atoms with Crippen molar-refractivity contribution in [2.75, 3.05) is 12.9 Å². The summed E-state index contributed by atoms with van der Waals surface area (Å²) in [6, 6.07) is 2.16. The Balaban J connectivity index is 2.56. The normalized spacial score (nSPS) is 19.6. The molecule has 4 nitrogen and oxygen atoms in total. The van der Waals surface area contributed by atoms with Crippen LogP contribution in [0, 0.1) is 12.7 Å². The molecule has 0 N–H and O–H groups in total. The fourth-order valence-electron chi connectivity index (χ4n) is 1.38. The fourth-order valence-corrected chi connectivity index (χ4v) is 2.01. The van der Waals surface area contributed by atoms with Gasteiger partial charge in [-0.25, -0.2) is 12.8 Å². The largest absolute Gasteiger partial charge is 0.483 e. The molecule has 1 heterocycles. The van der Waals surface area contributed by atoms with Crippen molar-refractivity contribution < 1.29 is 22.3 Å². The molecule has 16 heavy (non-hydrogen) atoms. The molecule has 0 fully saturated rings. The van der Waals surface area contributed by atoms with E-state index in [1.807, 2.05) is 0 Å². The van der Waals surface area contributed by atoms with Crippen LogP contribution >= 0.6 is 0 Å². The number of rotatable bonds is 1. The lowest BCUT2D eigenvalue weighted by atomic mass is 10.2. The van der Waals surface area contributed by atoms with Gasteiger partial charge in [0.1, 0.15) is 12.7 Å². The summed E-state index contributed by atoms with van der Waals surface area (Å²) in [4.78, 5) is -0.138. The summed E-state index contributed by atoms with van der Waals surface area (Å²) >= 11 is 0. The fraction of sp³-hybridized carbons (Fsp3) is 0.300. The minimum Gasteiger partial charge on any atom is -0.483 e. The van der Waals surface area contributed by atoms with Gasteiger partial charge in [0.2, 0.25) is 0 Å². The first-order valence-corrected chi connectivity index (χ1v) is 6.43. The standard InChI is InChI=1S/C10H10FO4S/c1-6-5-14-10-8(11)3-7(16(2,12)13)4-9(10)15-6/h3-4,6H,1,5H2,2H3/t6-/m1/s1. The summed E-state index contributed by atoms with van der Waals surface area (Å²) in [5, 5.41) is 0. The van der Waals surface area contributed by atoms with Gasteiger partial charge in [-0.3, -0.25) is 0 Å². The van der Waals surface area contributed by atoms with E-state index in [4.69, 9.17) is 9.47 Å². The van der Waals surface area contributed by atoms with Crippen molar-refractivity contribution in [3.63, 3.8) is 0 Å². The number of sulfone groups is 1. The summed E-state index contributed by atoms with van der Waals surface area (Å²) in [7, 11) is -3.47. The number of halogens is 1. The van der Waals surface area contributed by atoms with Crippen LogP contribution in [0.25, 0.3) is 0 Å². The SMILES string of the molecule is [CH2][C@@H]1COc2c(F)cc(S(C)(=O)=O)cc2O1. The number of fused-ring (bicyclic) bond motifs is 1. The van der Waals surface area contributed by atoms with E-state index in [9.17, 15) is 12.8 Å². The number of ether oxygens (including phenoxy) is 2. The van der Waals surface area contributed by atoms with E-state index in [1.54, 1.807) is 0 Å². The maximum Gasteiger partial charge on any atom is 0.197 e. The van der Waals surface area contributed by atoms with Gasteiger partial charge < -0.3 is 9.47 Å². The number of benzene rings is 1. The van der Waals surface area contributed by atoms with E-state index in [1.165, 1.54) is 6.07 Å². The molecule has 0 bridgehead atoms. The van der Waals surface area contributed by atoms with Crippen LogP contribution in [0.1, 0.15) is 0 Å². The van der Waals surface area contributed by atoms with Crippen molar-refractivity contribution in [2.24, 2.45) is 0 Å². The molecule has 1 atom stereocenters. The molecule has 1 aromatic carbocycles. The molecule has 0 unspecified atom stereocenters. The third-order valence-corrected chi connectivity index (χ3v) is 3.21. The summed E-state index contributed by atoms with van der Waals surface area (Å²) in [5.74, 6) is -0.733. The molecule has 87 valence electrons. The van der Waals surface area contributed by atoms with Gasteiger partial charge in [0.25, 0.3) is 0 Å². The molecule has 1 radical (unpaired) electrons. The quantitative estimate of drug-likeness (QED) is 0.746. The van der Waals surface area contributed by atoms with Crippen molar-refractivity contribution in [3.8, 4) is 11.5 Å². The molecule has 1 aliphatic rings. The van der Waals surface area contributed by atoms with Crippen molar-refractivity contribution in [3.05, 3.63) is 24.9 Å². The van der Waals surface area contributed by atoms with Crippen LogP contribution in [0.15, 0.2) is 17.0 Å². The predicted molar refractivity (Wildman–Crippen MR) is 54.8 cm³/mol. The second-order valence-electron chi connectivity index (χ2n) is 3.56. The van der Waals surface area contributed by atoms with E-state index in [0.717, 1.165) is 12.3 Å². The van der Waals surface area contributed by atoms with E-state index in [0.29, 0.717) is 0 Å². The average molecular weight is 245 g/mol. The Morgan fingerprint density at radius 3 is 2.81 bits per heavy atom. The first-order valence-electron chi connectivity index (χ1n) is 4.54. The summed E-state index contributed by atoms with van der Waals surface area (Å²) in [5.41, 5.74) is 0. The molecule has 6 heteroatoms. The maximum absolute atomic E-state index is 13.5. The number of hydrogen-bond acceptors (Lipinski definition) is 4. The van der Waals surface area contributed by atoms with Crippen molar-refractivity contribution in [1.29, 1.82) is 0 Å². The average Bonchev–Trinajstić information content (AvgIpc) is 2.15. The highest BCUT2D eigenvalue weighted by atomic mass is 32.2. The Labute approximate surface area is 92.9 Å².